The maximum Gasteiger partial charge on any atom is 0.239 e. The third-order valence-corrected chi connectivity index (χ3v) is 1.47. The molecule has 0 spiro atoms. The van der Waals surface area contributed by atoms with Gasteiger partial charge >= 0.3 is 0 Å². The molecule has 0 saturated carbocycles. The highest BCUT2D eigenvalue weighted by atomic mass is 16.5. The van der Waals surface area contributed by atoms with Gasteiger partial charge in [0.15, 0.2) is 0 Å². The number of hydrogen-bond donors (Lipinski definition) is 0. The van der Waals surface area contributed by atoms with Crippen molar-refractivity contribution in [1.29, 1.82) is 0 Å². The molecule has 0 aliphatic heterocycles. The molecule has 1 heterocycles. The lowest BCUT2D eigenvalue weighted by Crippen LogP contribution is -2.03. The zero-order valence-corrected chi connectivity index (χ0v) is 7.53. The molecule has 0 fully saturated rings. The highest BCUT2D eigenvalue weighted by Gasteiger charge is 2.03. The molecule has 4 heteroatoms. The molecule has 1 aromatic heterocycles. The summed E-state index contributed by atoms with van der Waals surface area (Å²) in [5.41, 5.74) is 0.763. The van der Waals surface area contributed by atoms with Crippen molar-refractivity contribution >= 4 is 0 Å². The van der Waals surface area contributed by atoms with E-state index in [0.717, 1.165) is 12.1 Å². The SMILES string of the molecule is C#CCCOc1ncnnc1CC. The van der Waals surface area contributed by atoms with Crippen molar-refractivity contribution < 1.29 is 4.74 Å². The number of hydrogen-bond acceptors (Lipinski definition) is 4. The Morgan fingerprint density at radius 2 is 2.46 bits per heavy atom. The quantitative estimate of drug-likeness (QED) is 0.505. The van der Waals surface area contributed by atoms with E-state index in [1.807, 2.05) is 6.92 Å². The second kappa shape index (κ2) is 5.09. The van der Waals surface area contributed by atoms with Gasteiger partial charge in [-0.25, -0.2) is 0 Å². The second-order valence-corrected chi connectivity index (χ2v) is 2.37. The van der Waals surface area contributed by atoms with Crippen LogP contribution in [0.1, 0.15) is 19.0 Å². The molecule has 1 aromatic rings. The summed E-state index contributed by atoms with van der Waals surface area (Å²) in [4.78, 5) is 3.96. The van der Waals surface area contributed by atoms with Gasteiger partial charge in [-0.1, -0.05) is 6.92 Å². The van der Waals surface area contributed by atoms with Crippen molar-refractivity contribution in [2.24, 2.45) is 0 Å². The fourth-order valence-electron chi connectivity index (χ4n) is 0.840. The molecule has 0 N–H and O–H groups in total. The molecule has 0 bridgehead atoms. The molecule has 0 aliphatic carbocycles. The monoisotopic (exact) mass is 177 g/mol. The predicted octanol–water partition coefficient (Wildman–Crippen LogP) is 0.836. The first-order valence-electron chi connectivity index (χ1n) is 4.11. The summed E-state index contributed by atoms with van der Waals surface area (Å²) in [6.45, 7) is 2.45. The van der Waals surface area contributed by atoms with Crippen LogP contribution in [-0.2, 0) is 6.42 Å². The van der Waals surface area contributed by atoms with E-state index >= 15 is 0 Å². The van der Waals surface area contributed by atoms with E-state index in [4.69, 9.17) is 11.2 Å². The molecule has 0 atom stereocenters. The van der Waals surface area contributed by atoms with E-state index < -0.39 is 0 Å². The van der Waals surface area contributed by atoms with Crippen LogP contribution in [0.25, 0.3) is 0 Å². The minimum Gasteiger partial charge on any atom is -0.475 e. The van der Waals surface area contributed by atoms with Crippen molar-refractivity contribution in [2.75, 3.05) is 6.61 Å². The summed E-state index contributed by atoms with van der Waals surface area (Å²) in [5.74, 6) is 3.02. The highest BCUT2D eigenvalue weighted by molar-refractivity contribution is 5.15. The smallest absolute Gasteiger partial charge is 0.239 e. The first kappa shape index (κ1) is 9.46. The van der Waals surface area contributed by atoms with Crippen molar-refractivity contribution in [1.82, 2.24) is 15.2 Å². The lowest BCUT2D eigenvalue weighted by molar-refractivity contribution is 0.307. The maximum atomic E-state index is 5.31. The van der Waals surface area contributed by atoms with Gasteiger partial charge in [0.2, 0.25) is 5.88 Å². The van der Waals surface area contributed by atoms with Crippen LogP contribution < -0.4 is 4.74 Å². The first-order chi connectivity index (χ1) is 6.38. The van der Waals surface area contributed by atoms with Gasteiger partial charge in [0, 0.05) is 6.42 Å². The minimum atomic E-state index is 0.474. The summed E-state index contributed by atoms with van der Waals surface area (Å²) in [6.07, 6.45) is 7.78. The van der Waals surface area contributed by atoms with Crippen LogP contribution >= 0.6 is 0 Å². The fraction of sp³-hybridized carbons (Fsp3) is 0.444. The molecule has 0 amide bonds. The van der Waals surface area contributed by atoms with Crippen LogP contribution in [0.2, 0.25) is 0 Å². The first-order valence-corrected chi connectivity index (χ1v) is 4.11. The van der Waals surface area contributed by atoms with Gasteiger partial charge in [0.25, 0.3) is 0 Å². The summed E-state index contributed by atoms with van der Waals surface area (Å²) in [7, 11) is 0. The molecular formula is C9H11N3O. The van der Waals surface area contributed by atoms with Crippen LogP contribution in [0.15, 0.2) is 6.33 Å². The van der Waals surface area contributed by atoms with Crippen LogP contribution in [0.3, 0.4) is 0 Å². The second-order valence-electron chi connectivity index (χ2n) is 2.37. The van der Waals surface area contributed by atoms with E-state index in [9.17, 15) is 0 Å². The fourth-order valence-corrected chi connectivity index (χ4v) is 0.840. The molecule has 13 heavy (non-hydrogen) atoms. The van der Waals surface area contributed by atoms with Gasteiger partial charge in [-0.2, -0.15) is 4.98 Å². The van der Waals surface area contributed by atoms with Crippen LogP contribution in [0.5, 0.6) is 5.88 Å². The summed E-state index contributed by atoms with van der Waals surface area (Å²) >= 11 is 0. The molecule has 0 radical (unpaired) electrons. The highest BCUT2D eigenvalue weighted by Crippen LogP contribution is 2.10. The minimum absolute atomic E-state index is 0.474. The Bertz CT molecular complexity index is 306. The Morgan fingerprint density at radius 1 is 1.62 bits per heavy atom. The summed E-state index contributed by atoms with van der Waals surface area (Å²) < 4.78 is 5.31. The number of nitrogens with zero attached hydrogens (tertiary/aromatic N) is 3. The number of aryl methyl sites for hydroxylation is 1. The molecule has 1 rings (SSSR count). The zero-order valence-electron chi connectivity index (χ0n) is 7.53. The zero-order chi connectivity index (χ0) is 9.52. The van der Waals surface area contributed by atoms with Crippen LogP contribution in [0, 0.1) is 12.3 Å². The lowest BCUT2D eigenvalue weighted by Gasteiger charge is -2.04. The third kappa shape index (κ3) is 2.71. The summed E-state index contributed by atoms with van der Waals surface area (Å²) in [6, 6.07) is 0. The number of aromatic nitrogens is 3. The predicted molar refractivity (Wildman–Crippen MR) is 48.2 cm³/mol. The van der Waals surface area contributed by atoms with Gasteiger partial charge < -0.3 is 4.74 Å². The Hall–Kier alpha value is -1.63. The maximum absolute atomic E-state index is 5.31. The number of ether oxygens (including phenoxy) is 1. The van der Waals surface area contributed by atoms with Crippen molar-refractivity contribution in [3.63, 3.8) is 0 Å². The van der Waals surface area contributed by atoms with E-state index in [1.54, 1.807) is 0 Å². The van der Waals surface area contributed by atoms with Crippen molar-refractivity contribution in [3.05, 3.63) is 12.0 Å². The average Bonchev–Trinajstić information content (AvgIpc) is 2.19. The molecule has 0 aromatic carbocycles. The van der Waals surface area contributed by atoms with Gasteiger partial charge in [-0.15, -0.1) is 22.5 Å². The lowest BCUT2D eigenvalue weighted by atomic mass is 10.3. The van der Waals surface area contributed by atoms with Crippen molar-refractivity contribution in [2.45, 2.75) is 19.8 Å². The van der Waals surface area contributed by atoms with Gasteiger partial charge in [0.05, 0.1) is 0 Å². The molecule has 0 aliphatic rings. The van der Waals surface area contributed by atoms with Gasteiger partial charge in [-0.05, 0) is 6.42 Å². The van der Waals surface area contributed by atoms with E-state index in [1.165, 1.54) is 6.33 Å². The Labute approximate surface area is 77.4 Å². The Kier molecular flexibility index (Phi) is 3.71. The van der Waals surface area contributed by atoms with Gasteiger partial charge in [0.1, 0.15) is 18.6 Å². The van der Waals surface area contributed by atoms with E-state index in [0.29, 0.717) is 18.9 Å². The largest absolute Gasteiger partial charge is 0.475 e. The Morgan fingerprint density at radius 3 is 3.15 bits per heavy atom. The molecule has 68 valence electrons. The molecule has 0 unspecified atom stereocenters. The Balaban J connectivity index is 2.60. The topological polar surface area (TPSA) is 47.9 Å². The van der Waals surface area contributed by atoms with Crippen LogP contribution in [0.4, 0.5) is 0 Å². The summed E-state index contributed by atoms with van der Waals surface area (Å²) in [5, 5.41) is 7.55. The molecule has 0 saturated heterocycles. The third-order valence-electron chi connectivity index (χ3n) is 1.47. The molecule has 4 nitrogen and oxygen atoms in total. The molecular weight excluding hydrogens is 166 g/mol. The number of terminal acetylenes is 1. The van der Waals surface area contributed by atoms with E-state index in [-0.39, 0.29) is 0 Å². The van der Waals surface area contributed by atoms with Gasteiger partial charge in [-0.3, -0.25) is 0 Å². The number of rotatable bonds is 4. The standard InChI is InChI=1S/C9H11N3O/c1-3-5-6-13-9-8(4-2)12-11-7-10-9/h1,7H,4-6H2,2H3. The van der Waals surface area contributed by atoms with E-state index in [2.05, 4.69) is 21.1 Å². The van der Waals surface area contributed by atoms with Crippen molar-refractivity contribution in [3.8, 4) is 18.2 Å². The van der Waals surface area contributed by atoms with Crippen LogP contribution in [-0.4, -0.2) is 21.8 Å². The normalized spacial score (nSPS) is 9.23. The average molecular weight is 177 g/mol.